The highest BCUT2D eigenvalue weighted by atomic mass is 32.2. The van der Waals surface area contributed by atoms with E-state index in [1.807, 2.05) is 6.07 Å². The summed E-state index contributed by atoms with van der Waals surface area (Å²) in [5.74, 6) is -0.496. The van der Waals surface area contributed by atoms with Gasteiger partial charge in [0.05, 0.1) is 5.56 Å². The van der Waals surface area contributed by atoms with Gasteiger partial charge in [-0.05, 0) is 41.8 Å². The Hall–Kier alpha value is -1.94. The highest BCUT2D eigenvalue weighted by molar-refractivity contribution is 7.99. The fourth-order valence-corrected chi connectivity index (χ4v) is 2.70. The molecular weight excluding hydrogens is 270 g/mol. The lowest BCUT2D eigenvalue weighted by Gasteiger charge is -2.08. The van der Waals surface area contributed by atoms with Crippen LogP contribution in [0.4, 0.5) is 5.69 Å². The van der Waals surface area contributed by atoms with Crippen LogP contribution in [0.15, 0.2) is 52.3 Å². The molecule has 0 aliphatic carbocycles. The van der Waals surface area contributed by atoms with Crippen molar-refractivity contribution in [2.75, 3.05) is 5.73 Å². The molecule has 0 saturated carbocycles. The number of carbonyl (C=O) groups is 1. The molecule has 2 aromatic rings. The zero-order chi connectivity index (χ0) is 14.7. The van der Waals surface area contributed by atoms with E-state index in [9.17, 15) is 4.79 Å². The second-order valence-electron chi connectivity index (χ2n) is 4.88. The van der Waals surface area contributed by atoms with Gasteiger partial charge in [0.25, 0.3) is 0 Å². The lowest BCUT2D eigenvalue weighted by Crippen LogP contribution is -2.01. The molecule has 0 bridgehead atoms. The first-order valence-electron chi connectivity index (χ1n) is 6.38. The second kappa shape index (κ2) is 6.01. The van der Waals surface area contributed by atoms with Crippen LogP contribution < -0.4 is 5.73 Å². The number of anilines is 1. The molecule has 0 atom stereocenters. The summed E-state index contributed by atoms with van der Waals surface area (Å²) in [4.78, 5) is 13.0. The van der Waals surface area contributed by atoms with E-state index in [0.29, 0.717) is 5.92 Å². The van der Waals surface area contributed by atoms with Crippen LogP contribution in [0.5, 0.6) is 0 Å². The van der Waals surface area contributed by atoms with Crippen LogP contribution in [-0.2, 0) is 0 Å². The lowest BCUT2D eigenvalue weighted by atomic mass is 10.0. The SMILES string of the molecule is CC(C)c1ccc(Sc2ccc(N)c(C(=O)O)c2)cc1. The van der Waals surface area contributed by atoms with E-state index >= 15 is 0 Å². The number of nitrogen functional groups attached to an aromatic ring is 1. The van der Waals surface area contributed by atoms with Crippen LogP contribution in [-0.4, -0.2) is 11.1 Å². The van der Waals surface area contributed by atoms with Crippen molar-refractivity contribution in [2.24, 2.45) is 0 Å². The monoisotopic (exact) mass is 287 g/mol. The van der Waals surface area contributed by atoms with Gasteiger partial charge in [-0.25, -0.2) is 4.79 Å². The van der Waals surface area contributed by atoms with Crippen molar-refractivity contribution in [1.29, 1.82) is 0 Å². The number of hydrogen-bond donors (Lipinski definition) is 2. The van der Waals surface area contributed by atoms with Crippen molar-refractivity contribution >= 4 is 23.4 Å². The first-order valence-corrected chi connectivity index (χ1v) is 7.19. The minimum absolute atomic E-state index is 0.147. The Balaban J connectivity index is 2.21. The zero-order valence-corrected chi connectivity index (χ0v) is 12.3. The number of benzene rings is 2. The topological polar surface area (TPSA) is 63.3 Å². The fraction of sp³-hybridized carbons (Fsp3) is 0.188. The summed E-state index contributed by atoms with van der Waals surface area (Å²) < 4.78 is 0. The molecule has 0 aliphatic rings. The minimum atomic E-state index is -1.000. The first-order chi connectivity index (χ1) is 9.47. The lowest BCUT2D eigenvalue weighted by molar-refractivity contribution is 0.0698. The third-order valence-corrected chi connectivity index (χ3v) is 4.04. The minimum Gasteiger partial charge on any atom is -0.478 e. The first kappa shape index (κ1) is 14.5. The summed E-state index contributed by atoms with van der Waals surface area (Å²) in [7, 11) is 0. The van der Waals surface area contributed by atoms with Gasteiger partial charge in [0.15, 0.2) is 0 Å². The third kappa shape index (κ3) is 3.33. The molecule has 0 heterocycles. The quantitative estimate of drug-likeness (QED) is 0.825. The van der Waals surface area contributed by atoms with Crippen molar-refractivity contribution < 1.29 is 9.90 Å². The molecule has 3 N–H and O–H groups in total. The molecule has 0 unspecified atom stereocenters. The van der Waals surface area contributed by atoms with Gasteiger partial charge in [0, 0.05) is 15.5 Å². The smallest absolute Gasteiger partial charge is 0.337 e. The molecule has 0 radical (unpaired) electrons. The third-order valence-electron chi connectivity index (χ3n) is 3.04. The molecule has 20 heavy (non-hydrogen) atoms. The summed E-state index contributed by atoms with van der Waals surface area (Å²) >= 11 is 1.53. The Morgan fingerprint density at radius 3 is 2.25 bits per heavy atom. The van der Waals surface area contributed by atoms with Crippen molar-refractivity contribution in [1.82, 2.24) is 0 Å². The molecule has 0 spiro atoms. The Kier molecular flexibility index (Phi) is 4.35. The average molecular weight is 287 g/mol. The van der Waals surface area contributed by atoms with E-state index in [4.69, 9.17) is 10.8 Å². The summed E-state index contributed by atoms with van der Waals surface area (Å²) in [6, 6.07) is 13.4. The molecule has 104 valence electrons. The molecule has 4 heteroatoms. The van der Waals surface area contributed by atoms with Crippen molar-refractivity contribution in [3.8, 4) is 0 Å². The molecule has 0 aliphatic heterocycles. The number of aromatic carboxylic acids is 1. The number of hydrogen-bond acceptors (Lipinski definition) is 3. The number of rotatable bonds is 4. The maximum Gasteiger partial charge on any atom is 0.337 e. The van der Waals surface area contributed by atoms with Gasteiger partial charge in [-0.1, -0.05) is 37.7 Å². The van der Waals surface area contributed by atoms with E-state index < -0.39 is 5.97 Å². The maximum absolute atomic E-state index is 11.1. The van der Waals surface area contributed by atoms with Crippen LogP contribution in [0.3, 0.4) is 0 Å². The van der Waals surface area contributed by atoms with E-state index in [1.165, 1.54) is 17.3 Å². The Morgan fingerprint density at radius 2 is 1.70 bits per heavy atom. The summed E-state index contributed by atoms with van der Waals surface area (Å²) in [6.45, 7) is 4.31. The van der Waals surface area contributed by atoms with E-state index in [2.05, 4.69) is 38.1 Å². The molecule has 2 rings (SSSR count). The predicted octanol–water partition coefficient (Wildman–Crippen LogP) is 4.24. The molecule has 2 aromatic carbocycles. The van der Waals surface area contributed by atoms with E-state index in [1.54, 1.807) is 12.1 Å². The Labute approximate surface area is 122 Å². The Morgan fingerprint density at radius 1 is 1.10 bits per heavy atom. The number of carboxylic acid groups (broad SMARTS) is 1. The average Bonchev–Trinajstić information content (AvgIpc) is 2.41. The largest absolute Gasteiger partial charge is 0.478 e. The van der Waals surface area contributed by atoms with Crippen molar-refractivity contribution in [3.63, 3.8) is 0 Å². The van der Waals surface area contributed by atoms with E-state index in [0.717, 1.165) is 9.79 Å². The molecular formula is C16H17NO2S. The zero-order valence-electron chi connectivity index (χ0n) is 11.5. The summed E-state index contributed by atoms with van der Waals surface area (Å²) in [6.07, 6.45) is 0. The van der Waals surface area contributed by atoms with Gasteiger partial charge < -0.3 is 10.8 Å². The normalized spacial score (nSPS) is 10.8. The van der Waals surface area contributed by atoms with Gasteiger partial charge in [-0.3, -0.25) is 0 Å². The van der Waals surface area contributed by atoms with Gasteiger partial charge in [0.2, 0.25) is 0 Å². The van der Waals surface area contributed by atoms with Gasteiger partial charge in [-0.2, -0.15) is 0 Å². The van der Waals surface area contributed by atoms with Gasteiger partial charge in [0.1, 0.15) is 0 Å². The highest BCUT2D eigenvalue weighted by Gasteiger charge is 2.09. The fourth-order valence-electron chi connectivity index (χ4n) is 1.84. The highest BCUT2D eigenvalue weighted by Crippen LogP contribution is 2.30. The van der Waals surface area contributed by atoms with E-state index in [-0.39, 0.29) is 11.3 Å². The van der Waals surface area contributed by atoms with Crippen molar-refractivity contribution in [3.05, 3.63) is 53.6 Å². The second-order valence-corrected chi connectivity index (χ2v) is 6.03. The number of carboxylic acids is 1. The molecule has 3 nitrogen and oxygen atoms in total. The molecule has 0 saturated heterocycles. The van der Waals surface area contributed by atoms with Gasteiger partial charge in [-0.15, -0.1) is 0 Å². The van der Waals surface area contributed by atoms with Crippen molar-refractivity contribution in [2.45, 2.75) is 29.6 Å². The number of nitrogens with two attached hydrogens (primary N) is 1. The van der Waals surface area contributed by atoms with Crippen LogP contribution in [0.2, 0.25) is 0 Å². The molecule has 0 aromatic heterocycles. The van der Waals surface area contributed by atoms with Crippen LogP contribution in [0.1, 0.15) is 35.7 Å². The summed E-state index contributed by atoms with van der Waals surface area (Å²) in [5.41, 5.74) is 7.37. The van der Waals surface area contributed by atoms with Crippen LogP contribution in [0, 0.1) is 0 Å². The predicted molar refractivity (Wildman–Crippen MR) is 82.5 cm³/mol. The van der Waals surface area contributed by atoms with Gasteiger partial charge >= 0.3 is 5.97 Å². The van der Waals surface area contributed by atoms with Crippen LogP contribution in [0.25, 0.3) is 0 Å². The standard InChI is InChI=1S/C16H17NO2S/c1-10(2)11-3-5-12(6-4-11)20-13-7-8-15(17)14(9-13)16(18)19/h3-10H,17H2,1-2H3,(H,18,19). The summed E-state index contributed by atoms with van der Waals surface area (Å²) in [5, 5.41) is 9.06. The maximum atomic E-state index is 11.1. The molecule has 0 fully saturated rings. The molecule has 0 amide bonds. The van der Waals surface area contributed by atoms with Crippen LogP contribution >= 0.6 is 11.8 Å². The Bertz CT molecular complexity index is 621.